The van der Waals surface area contributed by atoms with Crippen LogP contribution in [0.15, 0.2) is 22.9 Å². The van der Waals surface area contributed by atoms with Crippen LogP contribution < -0.4 is 10.6 Å². The van der Waals surface area contributed by atoms with E-state index in [1.807, 2.05) is 13.0 Å². The molecular weight excluding hydrogens is 286 g/mol. The van der Waals surface area contributed by atoms with Crippen LogP contribution >= 0.6 is 15.9 Å². The summed E-state index contributed by atoms with van der Waals surface area (Å²) in [5, 5.41) is 5.79. The maximum atomic E-state index is 11.5. The lowest BCUT2D eigenvalue weighted by atomic mass is 10.3. The normalized spacial score (nSPS) is 11.9. The average Bonchev–Trinajstić information content (AvgIpc) is 2.27. The topological polar surface area (TPSA) is 63.2 Å². The first-order valence-corrected chi connectivity index (χ1v) is 6.04. The van der Waals surface area contributed by atoms with Crippen molar-refractivity contribution in [3.05, 3.63) is 22.9 Å². The molecular formula is C11H16BrN3O2. The molecule has 1 unspecified atom stereocenters. The number of amides is 1. The van der Waals surface area contributed by atoms with Crippen molar-refractivity contribution >= 4 is 27.5 Å². The summed E-state index contributed by atoms with van der Waals surface area (Å²) < 4.78 is 5.80. The third kappa shape index (κ3) is 5.65. The van der Waals surface area contributed by atoms with E-state index in [0.29, 0.717) is 6.61 Å². The fraction of sp³-hybridized carbons (Fsp3) is 0.455. The molecule has 0 aliphatic carbocycles. The molecule has 1 aromatic rings. The zero-order valence-corrected chi connectivity index (χ0v) is 11.5. The van der Waals surface area contributed by atoms with Gasteiger partial charge in [-0.15, -0.1) is 0 Å². The number of nitrogens with one attached hydrogen (secondary N) is 2. The summed E-state index contributed by atoms with van der Waals surface area (Å²) in [6.45, 7) is 2.61. The summed E-state index contributed by atoms with van der Waals surface area (Å²) in [6.07, 6.45) is 3.35. The fourth-order valence-electron chi connectivity index (χ4n) is 1.31. The van der Waals surface area contributed by atoms with Crippen LogP contribution in [0, 0.1) is 0 Å². The van der Waals surface area contributed by atoms with Gasteiger partial charge in [-0.2, -0.15) is 0 Å². The van der Waals surface area contributed by atoms with Gasteiger partial charge >= 0.3 is 0 Å². The molecule has 1 rings (SSSR count). The third-order valence-corrected chi connectivity index (χ3v) is 2.42. The average molecular weight is 302 g/mol. The Balaban J connectivity index is 2.33. The lowest BCUT2D eigenvalue weighted by Gasteiger charge is -2.13. The van der Waals surface area contributed by atoms with Gasteiger partial charge in [0.25, 0.3) is 0 Å². The first-order valence-electron chi connectivity index (χ1n) is 5.24. The van der Waals surface area contributed by atoms with Crippen molar-refractivity contribution in [2.75, 3.05) is 25.6 Å². The molecule has 1 aromatic heterocycles. The Hall–Kier alpha value is -1.14. The molecule has 0 saturated heterocycles. The Bertz CT molecular complexity index is 373. The van der Waals surface area contributed by atoms with E-state index < -0.39 is 0 Å². The molecule has 0 aliphatic heterocycles. The van der Waals surface area contributed by atoms with Crippen LogP contribution in [0.1, 0.15) is 6.92 Å². The van der Waals surface area contributed by atoms with Crippen molar-refractivity contribution in [1.82, 2.24) is 10.3 Å². The lowest BCUT2D eigenvalue weighted by molar-refractivity contribution is -0.120. The van der Waals surface area contributed by atoms with Crippen molar-refractivity contribution in [3.63, 3.8) is 0 Å². The van der Waals surface area contributed by atoms with E-state index in [0.717, 1.165) is 10.2 Å². The van der Waals surface area contributed by atoms with E-state index >= 15 is 0 Å². The number of pyridine rings is 1. The fourth-order valence-corrected chi connectivity index (χ4v) is 1.67. The van der Waals surface area contributed by atoms with Crippen LogP contribution in [0.4, 0.5) is 5.69 Å². The molecule has 17 heavy (non-hydrogen) atoms. The van der Waals surface area contributed by atoms with E-state index in [-0.39, 0.29) is 18.5 Å². The molecule has 0 saturated carbocycles. The number of hydrogen-bond acceptors (Lipinski definition) is 4. The van der Waals surface area contributed by atoms with Gasteiger partial charge < -0.3 is 15.4 Å². The maximum Gasteiger partial charge on any atom is 0.239 e. The second-order valence-electron chi connectivity index (χ2n) is 3.67. The summed E-state index contributed by atoms with van der Waals surface area (Å²) in [5.41, 5.74) is 0.800. The minimum absolute atomic E-state index is 0.00920. The molecule has 2 N–H and O–H groups in total. The second-order valence-corrected chi connectivity index (χ2v) is 4.58. The number of carbonyl (C=O) groups excluding carboxylic acids is 1. The van der Waals surface area contributed by atoms with Crippen LogP contribution in [-0.2, 0) is 9.53 Å². The number of rotatable bonds is 6. The third-order valence-electron chi connectivity index (χ3n) is 1.98. The quantitative estimate of drug-likeness (QED) is 0.834. The van der Waals surface area contributed by atoms with Gasteiger partial charge in [0.1, 0.15) is 0 Å². The van der Waals surface area contributed by atoms with Gasteiger partial charge in [-0.3, -0.25) is 9.78 Å². The van der Waals surface area contributed by atoms with Gasteiger partial charge in [0.15, 0.2) is 0 Å². The van der Waals surface area contributed by atoms with E-state index in [1.165, 1.54) is 0 Å². The summed E-state index contributed by atoms with van der Waals surface area (Å²) >= 11 is 3.31. The van der Waals surface area contributed by atoms with E-state index in [9.17, 15) is 4.79 Å². The van der Waals surface area contributed by atoms with Crippen LogP contribution in [0.2, 0.25) is 0 Å². The zero-order chi connectivity index (χ0) is 12.7. The Kier molecular flexibility index (Phi) is 5.93. The molecule has 94 valence electrons. The van der Waals surface area contributed by atoms with E-state index in [4.69, 9.17) is 4.74 Å². The van der Waals surface area contributed by atoms with Crippen molar-refractivity contribution in [3.8, 4) is 0 Å². The predicted octanol–water partition coefficient (Wildman–Crippen LogP) is 1.41. The number of halogens is 1. The van der Waals surface area contributed by atoms with Gasteiger partial charge in [0, 0.05) is 23.8 Å². The Morgan fingerprint density at radius 3 is 3.00 bits per heavy atom. The van der Waals surface area contributed by atoms with Crippen molar-refractivity contribution in [2.24, 2.45) is 0 Å². The van der Waals surface area contributed by atoms with Crippen LogP contribution in [-0.4, -0.2) is 37.2 Å². The van der Waals surface area contributed by atoms with Crippen LogP contribution in [0.25, 0.3) is 0 Å². The van der Waals surface area contributed by atoms with Crippen molar-refractivity contribution in [2.45, 2.75) is 13.0 Å². The van der Waals surface area contributed by atoms with Gasteiger partial charge in [0.05, 0.1) is 25.0 Å². The number of ether oxygens (including phenoxy) is 1. The van der Waals surface area contributed by atoms with Crippen LogP contribution in [0.5, 0.6) is 0 Å². The number of aromatic nitrogens is 1. The van der Waals surface area contributed by atoms with Crippen molar-refractivity contribution in [1.29, 1.82) is 0 Å². The second kappa shape index (κ2) is 7.24. The van der Waals surface area contributed by atoms with Gasteiger partial charge in [-0.1, -0.05) is 0 Å². The predicted molar refractivity (Wildman–Crippen MR) is 69.9 cm³/mol. The summed E-state index contributed by atoms with van der Waals surface area (Å²) in [5.74, 6) is -0.0745. The van der Waals surface area contributed by atoms with E-state index in [2.05, 4.69) is 31.5 Å². The molecule has 0 aromatic carbocycles. The molecule has 0 spiro atoms. The van der Waals surface area contributed by atoms with E-state index in [1.54, 1.807) is 19.5 Å². The first kappa shape index (κ1) is 13.9. The highest BCUT2D eigenvalue weighted by Crippen LogP contribution is 2.12. The first-order chi connectivity index (χ1) is 8.11. The molecule has 0 aliphatic rings. The Morgan fingerprint density at radius 2 is 2.35 bits per heavy atom. The van der Waals surface area contributed by atoms with Crippen LogP contribution in [0.3, 0.4) is 0 Å². The number of methoxy groups -OCH3 is 1. The van der Waals surface area contributed by atoms with Crippen molar-refractivity contribution < 1.29 is 9.53 Å². The molecule has 0 fully saturated rings. The number of carbonyl (C=O) groups is 1. The number of hydrogen-bond donors (Lipinski definition) is 2. The molecule has 1 heterocycles. The highest BCUT2D eigenvalue weighted by molar-refractivity contribution is 9.10. The molecule has 5 nitrogen and oxygen atoms in total. The maximum absolute atomic E-state index is 11.5. The summed E-state index contributed by atoms with van der Waals surface area (Å²) in [7, 11) is 1.61. The van der Waals surface area contributed by atoms with Gasteiger partial charge in [-0.25, -0.2) is 0 Å². The highest BCUT2D eigenvalue weighted by Gasteiger charge is 2.06. The SMILES string of the molecule is COCC(C)NC(=O)CNc1cncc(Br)c1. The smallest absolute Gasteiger partial charge is 0.239 e. The molecule has 0 radical (unpaired) electrons. The number of nitrogens with zero attached hydrogens (tertiary/aromatic N) is 1. The lowest BCUT2D eigenvalue weighted by Crippen LogP contribution is -2.39. The molecule has 1 amide bonds. The minimum Gasteiger partial charge on any atom is -0.383 e. The summed E-state index contributed by atoms with van der Waals surface area (Å²) in [4.78, 5) is 15.5. The largest absolute Gasteiger partial charge is 0.383 e. The molecule has 1 atom stereocenters. The standard InChI is InChI=1S/C11H16BrN3O2/c1-8(7-17-2)15-11(16)6-14-10-3-9(12)4-13-5-10/h3-5,8,14H,6-7H2,1-2H3,(H,15,16). The van der Waals surface area contributed by atoms with Gasteiger partial charge in [-0.05, 0) is 28.9 Å². The molecule has 6 heteroatoms. The Labute approximate surface area is 109 Å². The minimum atomic E-state index is -0.0745. The molecule has 0 bridgehead atoms. The Morgan fingerprint density at radius 1 is 1.59 bits per heavy atom. The number of anilines is 1. The highest BCUT2D eigenvalue weighted by atomic mass is 79.9. The monoisotopic (exact) mass is 301 g/mol. The van der Waals surface area contributed by atoms with Gasteiger partial charge in [0.2, 0.25) is 5.91 Å². The summed E-state index contributed by atoms with van der Waals surface area (Å²) in [6, 6.07) is 1.87. The zero-order valence-electron chi connectivity index (χ0n) is 9.87.